The minimum absolute atomic E-state index is 0.0706. The Morgan fingerprint density at radius 1 is 0.962 bits per heavy atom. The molecule has 5 nitrogen and oxygen atoms in total. The number of hydrogen-bond acceptors (Lipinski definition) is 4. The molecule has 0 saturated heterocycles. The SMILES string of the molecule is O=C(COc1ccc2oc3ccccc3c2c1)Nc1cccc(CO)c1. The predicted octanol–water partition coefficient (Wildman–Crippen LogP) is 4.10. The number of carbonyl (C=O) groups is 1. The van der Waals surface area contributed by atoms with Crippen molar-refractivity contribution in [2.75, 3.05) is 11.9 Å². The Balaban J connectivity index is 1.47. The molecule has 1 aromatic heterocycles. The van der Waals surface area contributed by atoms with Gasteiger partial charge in [-0.05, 0) is 42.0 Å². The Hall–Kier alpha value is -3.31. The minimum Gasteiger partial charge on any atom is -0.484 e. The van der Waals surface area contributed by atoms with Gasteiger partial charge in [-0.15, -0.1) is 0 Å². The first kappa shape index (κ1) is 16.2. The fraction of sp³-hybridized carbons (Fsp3) is 0.0952. The van der Waals surface area contributed by atoms with Crippen LogP contribution in [0.2, 0.25) is 0 Å². The molecule has 4 aromatic rings. The first-order valence-electron chi connectivity index (χ1n) is 8.27. The molecule has 0 atom stereocenters. The second-order valence-electron chi connectivity index (χ2n) is 5.95. The summed E-state index contributed by atoms with van der Waals surface area (Å²) in [4.78, 5) is 12.1. The van der Waals surface area contributed by atoms with Crippen LogP contribution in [0.1, 0.15) is 5.56 Å². The number of carbonyl (C=O) groups excluding carboxylic acids is 1. The third-order valence-corrected chi connectivity index (χ3v) is 4.11. The number of benzene rings is 3. The highest BCUT2D eigenvalue weighted by Gasteiger charge is 2.09. The highest BCUT2D eigenvalue weighted by molar-refractivity contribution is 6.05. The lowest BCUT2D eigenvalue weighted by Crippen LogP contribution is -2.20. The van der Waals surface area contributed by atoms with Crippen LogP contribution in [0.4, 0.5) is 5.69 Å². The van der Waals surface area contributed by atoms with Crippen molar-refractivity contribution >= 4 is 33.5 Å². The molecule has 1 amide bonds. The number of furan rings is 1. The lowest BCUT2D eigenvalue weighted by atomic mass is 10.1. The van der Waals surface area contributed by atoms with Crippen LogP contribution >= 0.6 is 0 Å². The minimum atomic E-state index is -0.266. The predicted molar refractivity (Wildman–Crippen MR) is 100 cm³/mol. The number of ether oxygens (including phenoxy) is 1. The van der Waals surface area contributed by atoms with Gasteiger partial charge in [-0.2, -0.15) is 0 Å². The maximum absolute atomic E-state index is 12.1. The second-order valence-corrected chi connectivity index (χ2v) is 5.95. The van der Waals surface area contributed by atoms with E-state index in [0.29, 0.717) is 11.4 Å². The Morgan fingerprint density at radius 3 is 2.69 bits per heavy atom. The molecule has 1 heterocycles. The largest absolute Gasteiger partial charge is 0.484 e. The Labute approximate surface area is 149 Å². The maximum atomic E-state index is 12.1. The number of aliphatic hydroxyl groups excluding tert-OH is 1. The van der Waals surface area contributed by atoms with Crippen LogP contribution in [0.3, 0.4) is 0 Å². The Bertz CT molecular complexity index is 1080. The molecule has 2 N–H and O–H groups in total. The zero-order chi connectivity index (χ0) is 17.9. The van der Waals surface area contributed by atoms with Gasteiger partial charge in [0, 0.05) is 16.5 Å². The quantitative estimate of drug-likeness (QED) is 0.570. The molecule has 0 saturated carbocycles. The molecular formula is C21H17NO4. The van der Waals surface area contributed by atoms with Crippen LogP contribution in [0.5, 0.6) is 5.75 Å². The van der Waals surface area contributed by atoms with Crippen molar-refractivity contribution in [1.82, 2.24) is 0 Å². The summed E-state index contributed by atoms with van der Waals surface area (Å²) in [6.45, 7) is -0.177. The number of fused-ring (bicyclic) bond motifs is 3. The molecule has 0 aliphatic heterocycles. The summed E-state index contributed by atoms with van der Waals surface area (Å²) in [5.41, 5.74) is 2.97. The van der Waals surface area contributed by atoms with Gasteiger partial charge < -0.3 is 19.6 Å². The van der Waals surface area contributed by atoms with Crippen LogP contribution in [0.15, 0.2) is 71.1 Å². The van der Waals surface area contributed by atoms with Crippen molar-refractivity contribution in [3.05, 3.63) is 72.3 Å². The number of rotatable bonds is 5. The van der Waals surface area contributed by atoms with Crippen LogP contribution in [0, 0.1) is 0 Å². The smallest absolute Gasteiger partial charge is 0.262 e. The van der Waals surface area contributed by atoms with Gasteiger partial charge in [-0.1, -0.05) is 30.3 Å². The first-order valence-corrected chi connectivity index (χ1v) is 8.27. The number of aliphatic hydroxyl groups is 1. The van der Waals surface area contributed by atoms with Crippen molar-refractivity contribution < 1.29 is 19.1 Å². The van der Waals surface area contributed by atoms with Gasteiger partial charge >= 0.3 is 0 Å². The van der Waals surface area contributed by atoms with Gasteiger partial charge in [0.2, 0.25) is 0 Å². The third-order valence-electron chi connectivity index (χ3n) is 4.11. The molecule has 0 bridgehead atoms. The first-order chi connectivity index (χ1) is 12.7. The molecule has 3 aromatic carbocycles. The Kier molecular flexibility index (Phi) is 4.29. The summed E-state index contributed by atoms with van der Waals surface area (Å²) in [5, 5.41) is 13.9. The van der Waals surface area contributed by atoms with Crippen molar-refractivity contribution in [3.63, 3.8) is 0 Å². The normalized spacial score (nSPS) is 11.0. The van der Waals surface area contributed by atoms with Gasteiger partial charge in [0.05, 0.1) is 6.61 Å². The van der Waals surface area contributed by atoms with E-state index < -0.39 is 0 Å². The van der Waals surface area contributed by atoms with Gasteiger partial charge in [0.25, 0.3) is 5.91 Å². The molecule has 0 fully saturated rings. The zero-order valence-electron chi connectivity index (χ0n) is 13.9. The highest BCUT2D eigenvalue weighted by Crippen LogP contribution is 2.31. The molecule has 130 valence electrons. The molecule has 4 rings (SSSR count). The lowest BCUT2D eigenvalue weighted by Gasteiger charge is -2.08. The summed E-state index contributed by atoms with van der Waals surface area (Å²) in [6, 6.07) is 20.4. The van der Waals surface area contributed by atoms with E-state index in [0.717, 1.165) is 27.5 Å². The van der Waals surface area contributed by atoms with Crippen LogP contribution in [-0.4, -0.2) is 17.6 Å². The summed E-state index contributed by atoms with van der Waals surface area (Å²) < 4.78 is 11.4. The van der Waals surface area contributed by atoms with Crippen molar-refractivity contribution in [2.24, 2.45) is 0 Å². The van der Waals surface area contributed by atoms with E-state index in [-0.39, 0.29) is 19.1 Å². The molecule has 0 spiro atoms. The maximum Gasteiger partial charge on any atom is 0.262 e. The highest BCUT2D eigenvalue weighted by atomic mass is 16.5. The van der Waals surface area contributed by atoms with E-state index in [4.69, 9.17) is 14.3 Å². The fourth-order valence-corrected chi connectivity index (χ4v) is 2.89. The number of anilines is 1. The van der Waals surface area contributed by atoms with Crippen molar-refractivity contribution in [1.29, 1.82) is 0 Å². The molecular weight excluding hydrogens is 330 g/mol. The zero-order valence-corrected chi connectivity index (χ0v) is 13.9. The van der Waals surface area contributed by atoms with E-state index in [1.807, 2.05) is 36.4 Å². The fourth-order valence-electron chi connectivity index (χ4n) is 2.89. The topological polar surface area (TPSA) is 71.7 Å². The third kappa shape index (κ3) is 3.25. The Morgan fingerprint density at radius 2 is 1.81 bits per heavy atom. The average molecular weight is 347 g/mol. The summed E-state index contributed by atoms with van der Waals surface area (Å²) in [6.07, 6.45) is 0. The summed E-state index contributed by atoms with van der Waals surface area (Å²) in [5.74, 6) is 0.334. The number of para-hydroxylation sites is 1. The van der Waals surface area contributed by atoms with Crippen molar-refractivity contribution in [3.8, 4) is 5.75 Å². The number of amides is 1. The summed E-state index contributed by atoms with van der Waals surface area (Å²) >= 11 is 0. The average Bonchev–Trinajstić information content (AvgIpc) is 3.04. The van der Waals surface area contributed by atoms with Gasteiger partial charge in [-0.3, -0.25) is 4.79 Å². The number of hydrogen-bond donors (Lipinski definition) is 2. The van der Waals surface area contributed by atoms with E-state index in [1.54, 1.807) is 30.3 Å². The molecule has 0 radical (unpaired) electrons. The van der Waals surface area contributed by atoms with Gasteiger partial charge in [0.1, 0.15) is 16.9 Å². The summed E-state index contributed by atoms with van der Waals surface area (Å²) in [7, 11) is 0. The van der Waals surface area contributed by atoms with E-state index in [1.165, 1.54) is 0 Å². The second kappa shape index (κ2) is 6.90. The number of nitrogens with one attached hydrogen (secondary N) is 1. The molecule has 0 unspecified atom stereocenters. The lowest BCUT2D eigenvalue weighted by molar-refractivity contribution is -0.118. The van der Waals surface area contributed by atoms with Crippen molar-refractivity contribution in [2.45, 2.75) is 6.61 Å². The van der Waals surface area contributed by atoms with E-state index >= 15 is 0 Å². The molecule has 5 heteroatoms. The van der Waals surface area contributed by atoms with Gasteiger partial charge in [0.15, 0.2) is 6.61 Å². The van der Waals surface area contributed by atoms with Crippen LogP contribution in [0.25, 0.3) is 21.9 Å². The van der Waals surface area contributed by atoms with Crippen LogP contribution in [-0.2, 0) is 11.4 Å². The monoisotopic (exact) mass is 347 g/mol. The van der Waals surface area contributed by atoms with Gasteiger partial charge in [-0.25, -0.2) is 0 Å². The molecule has 26 heavy (non-hydrogen) atoms. The van der Waals surface area contributed by atoms with E-state index in [9.17, 15) is 4.79 Å². The molecule has 0 aliphatic carbocycles. The van der Waals surface area contributed by atoms with E-state index in [2.05, 4.69) is 5.32 Å². The molecule has 0 aliphatic rings. The standard InChI is InChI=1S/C21H17NO4/c23-12-14-4-3-5-15(10-14)22-21(24)13-25-16-8-9-20-18(11-16)17-6-1-2-7-19(17)26-20/h1-11,23H,12-13H2,(H,22,24). The van der Waals surface area contributed by atoms with Crippen LogP contribution < -0.4 is 10.1 Å².